The summed E-state index contributed by atoms with van der Waals surface area (Å²) in [6, 6.07) is 0. The van der Waals surface area contributed by atoms with Gasteiger partial charge in [-0.1, -0.05) is 18.2 Å². The lowest BCUT2D eigenvalue weighted by molar-refractivity contribution is 0.605. The van der Waals surface area contributed by atoms with Crippen LogP contribution in [0.15, 0.2) is 17.9 Å². The van der Waals surface area contributed by atoms with Crippen molar-refractivity contribution in [1.82, 2.24) is 9.97 Å². The van der Waals surface area contributed by atoms with Crippen LogP contribution in [0.1, 0.15) is 5.69 Å². The van der Waals surface area contributed by atoms with E-state index < -0.39 is 5.82 Å². The summed E-state index contributed by atoms with van der Waals surface area (Å²) in [4.78, 5) is 7.40. The third kappa shape index (κ3) is 2.66. The van der Waals surface area contributed by atoms with Gasteiger partial charge in [-0.05, 0) is 6.92 Å². The maximum Gasteiger partial charge on any atom is 0.186 e. The van der Waals surface area contributed by atoms with E-state index >= 15 is 0 Å². The maximum absolute atomic E-state index is 13.2. The summed E-state index contributed by atoms with van der Waals surface area (Å²) in [6.45, 7) is 5.31. The first-order valence-corrected chi connectivity index (χ1v) is 4.03. The highest BCUT2D eigenvalue weighted by Crippen LogP contribution is 2.12. The number of hydrogen-bond donors (Lipinski definition) is 1. The second kappa shape index (κ2) is 4.18. The van der Waals surface area contributed by atoms with Crippen molar-refractivity contribution in [3.8, 4) is 0 Å². The van der Waals surface area contributed by atoms with E-state index in [-0.39, 0.29) is 12.4 Å². The van der Waals surface area contributed by atoms with Crippen LogP contribution in [-0.2, 0) is 0 Å². The fraction of sp³-hybridized carbons (Fsp3) is 0.250. The van der Waals surface area contributed by atoms with E-state index in [0.29, 0.717) is 10.7 Å². The minimum absolute atomic E-state index is 0.148. The number of aryl methyl sites for hydroxylation is 1. The van der Waals surface area contributed by atoms with E-state index in [2.05, 4.69) is 21.9 Å². The zero-order valence-corrected chi connectivity index (χ0v) is 7.90. The SMILES string of the molecule is C=C(Cl)CNc1ncnc(C)c1F. The number of halogens is 2. The Balaban J connectivity index is 2.77. The standard InChI is InChI=1S/C8H9ClFN3/c1-5(9)3-11-8-7(10)6(2)12-4-13-8/h4H,1,3H2,2H3,(H,11,12,13). The summed E-state index contributed by atoms with van der Waals surface area (Å²) < 4.78 is 13.2. The number of rotatable bonds is 3. The summed E-state index contributed by atoms with van der Waals surface area (Å²) >= 11 is 5.50. The fourth-order valence-electron chi connectivity index (χ4n) is 0.761. The summed E-state index contributed by atoms with van der Waals surface area (Å²) in [5.74, 6) is -0.310. The minimum atomic E-state index is -0.458. The zero-order valence-electron chi connectivity index (χ0n) is 7.14. The maximum atomic E-state index is 13.2. The fourth-order valence-corrected chi connectivity index (χ4v) is 0.828. The van der Waals surface area contributed by atoms with Crippen molar-refractivity contribution in [2.75, 3.05) is 11.9 Å². The van der Waals surface area contributed by atoms with Gasteiger partial charge < -0.3 is 5.32 Å². The number of nitrogens with zero attached hydrogens (tertiary/aromatic N) is 2. The van der Waals surface area contributed by atoms with Gasteiger partial charge in [-0.2, -0.15) is 0 Å². The number of aromatic nitrogens is 2. The first-order valence-electron chi connectivity index (χ1n) is 3.65. The number of hydrogen-bond acceptors (Lipinski definition) is 3. The molecule has 5 heteroatoms. The second-order valence-corrected chi connectivity index (χ2v) is 3.03. The molecule has 0 bridgehead atoms. The topological polar surface area (TPSA) is 37.8 Å². The molecular weight excluding hydrogens is 193 g/mol. The molecule has 1 aromatic heterocycles. The van der Waals surface area contributed by atoms with Crippen LogP contribution in [0, 0.1) is 12.7 Å². The lowest BCUT2D eigenvalue weighted by Crippen LogP contribution is -2.06. The van der Waals surface area contributed by atoms with Crippen LogP contribution in [0.3, 0.4) is 0 Å². The molecule has 3 nitrogen and oxygen atoms in total. The molecule has 0 unspecified atom stereocenters. The highest BCUT2D eigenvalue weighted by molar-refractivity contribution is 6.29. The Morgan fingerprint density at radius 3 is 3.00 bits per heavy atom. The molecular formula is C8H9ClFN3. The predicted octanol–water partition coefficient (Wildman–Crippen LogP) is 2.09. The molecule has 0 fully saturated rings. The molecule has 1 rings (SSSR count). The van der Waals surface area contributed by atoms with Crippen LogP contribution in [0.5, 0.6) is 0 Å². The summed E-state index contributed by atoms with van der Waals surface area (Å²) in [5, 5.41) is 3.09. The molecule has 70 valence electrons. The van der Waals surface area contributed by atoms with Crippen molar-refractivity contribution in [2.45, 2.75) is 6.92 Å². The quantitative estimate of drug-likeness (QED) is 0.814. The van der Waals surface area contributed by atoms with Gasteiger partial charge in [0.1, 0.15) is 6.33 Å². The van der Waals surface area contributed by atoms with Gasteiger partial charge in [0.15, 0.2) is 11.6 Å². The van der Waals surface area contributed by atoms with Crippen LogP contribution in [0.4, 0.5) is 10.2 Å². The molecule has 0 aliphatic rings. The molecule has 0 amide bonds. The molecule has 1 aromatic rings. The van der Waals surface area contributed by atoms with Gasteiger partial charge in [0.05, 0.1) is 12.2 Å². The van der Waals surface area contributed by atoms with Gasteiger partial charge in [0.2, 0.25) is 0 Å². The first kappa shape index (κ1) is 9.92. The van der Waals surface area contributed by atoms with Crippen molar-refractivity contribution < 1.29 is 4.39 Å². The molecule has 1 N–H and O–H groups in total. The Hall–Kier alpha value is -1.16. The monoisotopic (exact) mass is 201 g/mol. The molecule has 0 spiro atoms. The van der Waals surface area contributed by atoms with E-state index in [0.717, 1.165) is 0 Å². The molecule has 13 heavy (non-hydrogen) atoms. The Bertz CT molecular complexity index is 327. The third-order valence-corrected chi connectivity index (χ3v) is 1.55. The second-order valence-electron chi connectivity index (χ2n) is 2.49. The summed E-state index contributed by atoms with van der Waals surface area (Å²) in [6.07, 6.45) is 1.29. The van der Waals surface area contributed by atoms with Gasteiger partial charge in [0.25, 0.3) is 0 Å². The predicted molar refractivity (Wildman–Crippen MR) is 50.2 cm³/mol. The number of nitrogens with one attached hydrogen (secondary N) is 1. The van der Waals surface area contributed by atoms with Crippen LogP contribution >= 0.6 is 11.6 Å². The number of anilines is 1. The largest absolute Gasteiger partial charge is 0.363 e. The highest BCUT2D eigenvalue weighted by atomic mass is 35.5. The smallest absolute Gasteiger partial charge is 0.186 e. The third-order valence-electron chi connectivity index (χ3n) is 1.41. The Morgan fingerprint density at radius 1 is 1.69 bits per heavy atom. The molecule has 0 atom stereocenters. The minimum Gasteiger partial charge on any atom is -0.363 e. The lowest BCUT2D eigenvalue weighted by Gasteiger charge is -2.05. The van der Waals surface area contributed by atoms with E-state index in [9.17, 15) is 4.39 Å². The molecule has 0 saturated carbocycles. The van der Waals surface area contributed by atoms with Crippen molar-refractivity contribution in [1.29, 1.82) is 0 Å². The molecule has 0 aliphatic carbocycles. The van der Waals surface area contributed by atoms with Crippen LogP contribution in [-0.4, -0.2) is 16.5 Å². The molecule has 0 aliphatic heterocycles. The molecule has 0 saturated heterocycles. The van der Waals surface area contributed by atoms with Gasteiger partial charge in [-0.15, -0.1) is 0 Å². The first-order chi connectivity index (χ1) is 6.11. The summed E-state index contributed by atoms with van der Waals surface area (Å²) in [5.41, 5.74) is 0.303. The van der Waals surface area contributed by atoms with Gasteiger partial charge in [0, 0.05) is 5.03 Å². The molecule has 1 heterocycles. The van der Waals surface area contributed by atoms with Crippen molar-refractivity contribution in [3.05, 3.63) is 29.4 Å². The zero-order chi connectivity index (χ0) is 9.84. The van der Waals surface area contributed by atoms with Gasteiger partial charge in [-0.25, -0.2) is 14.4 Å². The van der Waals surface area contributed by atoms with E-state index in [1.807, 2.05) is 0 Å². The van der Waals surface area contributed by atoms with Gasteiger partial charge in [-0.3, -0.25) is 0 Å². The highest BCUT2D eigenvalue weighted by Gasteiger charge is 2.06. The van der Waals surface area contributed by atoms with E-state index in [1.54, 1.807) is 6.92 Å². The van der Waals surface area contributed by atoms with E-state index in [4.69, 9.17) is 11.6 Å². The molecule has 0 aromatic carbocycles. The average Bonchev–Trinajstić information content (AvgIpc) is 2.07. The Kier molecular flexibility index (Phi) is 3.19. The van der Waals surface area contributed by atoms with Crippen molar-refractivity contribution in [2.24, 2.45) is 0 Å². The lowest BCUT2D eigenvalue weighted by atomic mass is 10.4. The van der Waals surface area contributed by atoms with Gasteiger partial charge >= 0.3 is 0 Å². The van der Waals surface area contributed by atoms with Crippen LogP contribution in [0.2, 0.25) is 0 Å². The average molecular weight is 202 g/mol. The molecule has 0 radical (unpaired) electrons. The Labute approximate surface area is 80.7 Å². The van der Waals surface area contributed by atoms with Crippen molar-refractivity contribution >= 4 is 17.4 Å². The van der Waals surface area contributed by atoms with Crippen LogP contribution < -0.4 is 5.32 Å². The Morgan fingerprint density at radius 2 is 2.38 bits per heavy atom. The normalized spacial score (nSPS) is 9.77. The van der Waals surface area contributed by atoms with Crippen molar-refractivity contribution in [3.63, 3.8) is 0 Å². The van der Waals surface area contributed by atoms with Crippen LogP contribution in [0.25, 0.3) is 0 Å². The summed E-state index contributed by atoms with van der Waals surface area (Å²) in [7, 11) is 0. The van der Waals surface area contributed by atoms with E-state index in [1.165, 1.54) is 6.33 Å².